The molecule has 0 spiro atoms. The van der Waals surface area contributed by atoms with Crippen LogP contribution in [-0.2, 0) is 0 Å². The van der Waals surface area contributed by atoms with Gasteiger partial charge in [-0.05, 0) is 24.3 Å². The first kappa shape index (κ1) is 10.6. The standard InChI is InChI=1S/C14H7ClN2O2/c15-8-5-6-10-12(7-8)19-14(17-10)13-16-9-3-1-2-4-11(9)18-13/h1-7H. The molecular formula is C14H7ClN2O2. The molecule has 2 aromatic carbocycles. The Morgan fingerprint density at radius 2 is 1.47 bits per heavy atom. The number of aromatic nitrogens is 2. The first-order valence-corrected chi connectivity index (χ1v) is 6.09. The summed E-state index contributed by atoms with van der Waals surface area (Å²) >= 11 is 5.91. The summed E-state index contributed by atoms with van der Waals surface area (Å²) in [4.78, 5) is 8.68. The summed E-state index contributed by atoms with van der Waals surface area (Å²) < 4.78 is 11.2. The fourth-order valence-electron chi connectivity index (χ4n) is 1.95. The summed E-state index contributed by atoms with van der Waals surface area (Å²) in [6.07, 6.45) is 0. The molecule has 0 N–H and O–H groups in total. The van der Waals surface area contributed by atoms with Crippen molar-refractivity contribution in [3.8, 4) is 11.8 Å². The van der Waals surface area contributed by atoms with Gasteiger partial charge in [-0.1, -0.05) is 23.7 Å². The Morgan fingerprint density at radius 3 is 2.26 bits per heavy atom. The summed E-state index contributed by atoms with van der Waals surface area (Å²) in [5.41, 5.74) is 2.82. The van der Waals surface area contributed by atoms with Gasteiger partial charge in [0.2, 0.25) is 0 Å². The lowest BCUT2D eigenvalue weighted by molar-refractivity contribution is 0.550. The number of nitrogens with zero attached hydrogens (tertiary/aromatic N) is 2. The molecule has 0 aliphatic rings. The number of halogens is 1. The predicted octanol–water partition coefficient (Wildman–Crippen LogP) is 4.29. The topological polar surface area (TPSA) is 52.1 Å². The number of fused-ring (bicyclic) bond motifs is 2. The summed E-state index contributed by atoms with van der Waals surface area (Å²) in [5.74, 6) is 0.724. The second kappa shape index (κ2) is 3.83. The minimum Gasteiger partial charge on any atom is -0.432 e. The zero-order chi connectivity index (χ0) is 12.8. The third-order valence-electron chi connectivity index (χ3n) is 2.83. The van der Waals surface area contributed by atoms with Crippen molar-refractivity contribution in [1.29, 1.82) is 0 Å². The van der Waals surface area contributed by atoms with Crippen LogP contribution in [0.2, 0.25) is 5.02 Å². The zero-order valence-electron chi connectivity index (χ0n) is 9.63. The molecule has 4 rings (SSSR count). The predicted molar refractivity (Wildman–Crippen MR) is 72.0 cm³/mol. The fourth-order valence-corrected chi connectivity index (χ4v) is 2.12. The first-order valence-electron chi connectivity index (χ1n) is 5.72. The molecule has 4 aromatic rings. The van der Waals surface area contributed by atoms with Crippen LogP contribution in [0.25, 0.3) is 34.0 Å². The molecule has 0 saturated heterocycles. The van der Waals surface area contributed by atoms with E-state index in [1.165, 1.54) is 0 Å². The van der Waals surface area contributed by atoms with Crippen molar-refractivity contribution in [2.75, 3.05) is 0 Å². The van der Waals surface area contributed by atoms with E-state index in [1.54, 1.807) is 18.2 Å². The molecule has 2 aromatic heterocycles. The van der Waals surface area contributed by atoms with Gasteiger partial charge in [-0.3, -0.25) is 0 Å². The molecule has 92 valence electrons. The number of para-hydroxylation sites is 2. The average molecular weight is 271 g/mol. The van der Waals surface area contributed by atoms with Crippen LogP contribution >= 0.6 is 11.6 Å². The summed E-state index contributed by atoms with van der Waals surface area (Å²) in [7, 11) is 0. The molecule has 0 fully saturated rings. The third kappa shape index (κ3) is 1.69. The van der Waals surface area contributed by atoms with Crippen molar-refractivity contribution in [3.05, 3.63) is 47.5 Å². The van der Waals surface area contributed by atoms with Crippen molar-refractivity contribution < 1.29 is 8.83 Å². The van der Waals surface area contributed by atoms with Crippen LogP contribution in [0.15, 0.2) is 51.3 Å². The van der Waals surface area contributed by atoms with Gasteiger partial charge in [0, 0.05) is 11.1 Å². The minimum absolute atomic E-state index is 0.355. The second-order valence-electron chi connectivity index (χ2n) is 4.12. The SMILES string of the molecule is Clc1ccc2nc(-c3nc4ccccc4o3)oc2c1. The van der Waals surface area contributed by atoms with Crippen LogP contribution in [0.1, 0.15) is 0 Å². The zero-order valence-corrected chi connectivity index (χ0v) is 10.4. The molecule has 19 heavy (non-hydrogen) atoms. The normalized spacial score (nSPS) is 11.4. The van der Waals surface area contributed by atoms with Gasteiger partial charge >= 0.3 is 0 Å². The molecule has 0 aliphatic carbocycles. The van der Waals surface area contributed by atoms with Gasteiger partial charge in [-0.15, -0.1) is 0 Å². The highest BCUT2D eigenvalue weighted by molar-refractivity contribution is 6.31. The van der Waals surface area contributed by atoms with Gasteiger partial charge in [0.05, 0.1) is 0 Å². The maximum atomic E-state index is 5.91. The highest BCUT2D eigenvalue weighted by Gasteiger charge is 2.14. The Bertz CT molecular complexity index is 862. The van der Waals surface area contributed by atoms with E-state index < -0.39 is 0 Å². The maximum Gasteiger partial charge on any atom is 0.284 e. The molecule has 0 radical (unpaired) electrons. The number of oxazole rings is 2. The van der Waals surface area contributed by atoms with Crippen molar-refractivity contribution >= 4 is 33.8 Å². The number of benzene rings is 2. The molecular weight excluding hydrogens is 264 g/mol. The smallest absolute Gasteiger partial charge is 0.284 e. The maximum absolute atomic E-state index is 5.91. The highest BCUT2D eigenvalue weighted by atomic mass is 35.5. The Kier molecular flexibility index (Phi) is 2.13. The number of hydrogen-bond acceptors (Lipinski definition) is 4. The van der Waals surface area contributed by atoms with Crippen LogP contribution < -0.4 is 0 Å². The van der Waals surface area contributed by atoms with E-state index in [1.807, 2.05) is 24.3 Å². The largest absolute Gasteiger partial charge is 0.432 e. The van der Waals surface area contributed by atoms with Crippen molar-refractivity contribution in [3.63, 3.8) is 0 Å². The van der Waals surface area contributed by atoms with Gasteiger partial charge in [0.15, 0.2) is 11.2 Å². The van der Waals surface area contributed by atoms with Crippen molar-refractivity contribution in [1.82, 2.24) is 9.97 Å². The average Bonchev–Trinajstić information content (AvgIpc) is 3.00. The van der Waals surface area contributed by atoms with Gasteiger partial charge < -0.3 is 8.83 Å². The van der Waals surface area contributed by atoms with Crippen molar-refractivity contribution in [2.45, 2.75) is 0 Å². The highest BCUT2D eigenvalue weighted by Crippen LogP contribution is 2.28. The van der Waals surface area contributed by atoms with Crippen LogP contribution in [0, 0.1) is 0 Å². The Hall–Kier alpha value is -2.33. The Balaban J connectivity index is 1.93. The molecule has 0 saturated carbocycles. The van der Waals surface area contributed by atoms with E-state index in [4.69, 9.17) is 20.4 Å². The summed E-state index contributed by atoms with van der Waals surface area (Å²) in [6.45, 7) is 0. The third-order valence-corrected chi connectivity index (χ3v) is 3.06. The summed E-state index contributed by atoms with van der Waals surface area (Å²) in [5, 5.41) is 0.604. The van der Waals surface area contributed by atoms with E-state index in [-0.39, 0.29) is 0 Å². The minimum atomic E-state index is 0.355. The van der Waals surface area contributed by atoms with Gasteiger partial charge in [0.1, 0.15) is 11.0 Å². The molecule has 5 heteroatoms. The van der Waals surface area contributed by atoms with E-state index in [0.29, 0.717) is 28.0 Å². The van der Waals surface area contributed by atoms with E-state index in [0.717, 1.165) is 11.0 Å². The Morgan fingerprint density at radius 1 is 0.789 bits per heavy atom. The van der Waals surface area contributed by atoms with E-state index >= 15 is 0 Å². The molecule has 2 heterocycles. The van der Waals surface area contributed by atoms with Crippen LogP contribution in [0.3, 0.4) is 0 Å². The molecule has 0 amide bonds. The number of rotatable bonds is 1. The lowest BCUT2D eigenvalue weighted by atomic mass is 10.3. The van der Waals surface area contributed by atoms with Crippen molar-refractivity contribution in [2.24, 2.45) is 0 Å². The molecule has 0 atom stereocenters. The molecule has 0 unspecified atom stereocenters. The lowest BCUT2D eigenvalue weighted by Crippen LogP contribution is -1.75. The fraction of sp³-hybridized carbons (Fsp3) is 0. The van der Waals surface area contributed by atoms with Gasteiger partial charge in [0.25, 0.3) is 11.8 Å². The van der Waals surface area contributed by atoms with E-state index in [9.17, 15) is 0 Å². The second-order valence-corrected chi connectivity index (χ2v) is 4.55. The number of hydrogen-bond donors (Lipinski definition) is 0. The van der Waals surface area contributed by atoms with Gasteiger partial charge in [-0.2, -0.15) is 0 Å². The van der Waals surface area contributed by atoms with E-state index in [2.05, 4.69) is 9.97 Å². The van der Waals surface area contributed by atoms with Gasteiger partial charge in [-0.25, -0.2) is 9.97 Å². The lowest BCUT2D eigenvalue weighted by Gasteiger charge is -1.86. The van der Waals surface area contributed by atoms with Crippen LogP contribution in [0.5, 0.6) is 0 Å². The molecule has 4 nitrogen and oxygen atoms in total. The van der Waals surface area contributed by atoms with Crippen LogP contribution in [0.4, 0.5) is 0 Å². The quantitative estimate of drug-likeness (QED) is 0.518. The van der Waals surface area contributed by atoms with Crippen LogP contribution in [-0.4, -0.2) is 9.97 Å². The molecule has 0 bridgehead atoms. The Labute approximate surface area is 112 Å². The first-order chi connectivity index (χ1) is 9.29. The summed E-state index contributed by atoms with van der Waals surface area (Å²) in [6, 6.07) is 12.8. The molecule has 0 aliphatic heterocycles. The monoisotopic (exact) mass is 270 g/mol.